The summed E-state index contributed by atoms with van der Waals surface area (Å²) in [6, 6.07) is 25.3. The fraction of sp³-hybridized carbons (Fsp3) is 0.120. The van der Waals surface area contributed by atoms with Crippen molar-refractivity contribution < 1.29 is 10.0 Å². The molecule has 34 heavy (non-hydrogen) atoms. The molecule has 4 rings (SSSR count). The number of halogens is 1. The number of benzene rings is 3. The Balaban J connectivity index is 1.80. The maximum absolute atomic E-state index is 11.9. The molecule has 0 aliphatic carbocycles. The monoisotopic (exact) mass is 475 g/mol. The van der Waals surface area contributed by atoms with E-state index >= 15 is 0 Å². The number of nitrogens with one attached hydrogen (secondary N) is 1. The quantitative estimate of drug-likeness (QED) is 0.242. The van der Waals surface area contributed by atoms with Crippen LogP contribution in [0.5, 0.6) is 0 Å². The molecule has 1 unspecified atom stereocenters. The van der Waals surface area contributed by atoms with E-state index < -0.39 is 11.0 Å². The van der Waals surface area contributed by atoms with Gasteiger partial charge in [-0.3, -0.25) is 10.1 Å². The average Bonchev–Trinajstić information content (AvgIpc) is 2.86. The molecule has 9 heteroatoms. The van der Waals surface area contributed by atoms with Crippen molar-refractivity contribution in [3.8, 4) is 0 Å². The number of nitrogens with zero attached hydrogens (tertiary/aromatic N) is 4. The molecule has 0 aliphatic rings. The molecule has 0 aliphatic heterocycles. The standard InChI is InChI=1S/C25H22ClN5O3/c26-20-11-13-21(14-12-20)28-25-27-15-22(31(33)34)24(29-25)30(16-18-7-3-1-4-8-18)23(17-32)19-9-5-2-6-10-19/h1-15,23,32H,16-17H2,(H,27,28,29). The molecule has 1 aromatic heterocycles. The molecule has 1 heterocycles. The van der Waals surface area contributed by atoms with Crippen LogP contribution >= 0.6 is 11.6 Å². The molecular formula is C25H22ClN5O3. The molecule has 172 valence electrons. The van der Waals surface area contributed by atoms with E-state index in [2.05, 4.69) is 15.3 Å². The molecule has 1 atom stereocenters. The van der Waals surface area contributed by atoms with Gasteiger partial charge in [-0.1, -0.05) is 72.3 Å². The van der Waals surface area contributed by atoms with Crippen molar-refractivity contribution in [1.29, 1.82) is 0 Å². The molecule has 0 radical (unpaired) electrons. The number of aromatic nitrogens is 2. The van der Waals surface area contributed by atoms with Gasteiger partial charge in [-0.05, 0) is 35.4 Å². The largest absolute Gasteiger partial charge is 0.394 e. The zero-order valence-electron chi connectivity index (χ0n) is 18.1. The highest BCUT2D eigenvalue weighted by Gasteiger charge is 2.29. The van der Waals surface area contributed by atoms with Gasteiger partial charge in [0.25, 0.3) is 0 Å². The first kappa shape index (κ1) is 23.2. The van der Waals surface area contributed by atoms with Crippen molar-refractivity contribution in [2.75, 3.05) is 16.8 Å². The minimum absolute atomic E-state index is 0.100. The Bertz CT molecular complexity index is 1240. The first-order valence-electron chi connectivity index (χ1n) is 10.6. The number of hydrogen-bond donors (Lipinski definition) is 2. The topological polar surface area (TPSA) is 104 Å². The molecule has 4 aromatic rings. The molecule has 0 saturated heterocycles. The SMILES string of the molecule is O=[N+]([O-])c1cnc(Nc2ccc(Cl)cc2)nc1N(Cc1ccccc1)C(CO)c1ccccc1. The lowest BCUT2D eigenvalue weighted by atomic mass is 10.0. The van der Waals surface area contributed by atoms with Crippen LogP contribution < -0.4 is 10.2 Å². The number of rotatable bonds is 9. The lowest BCUT2D eigenvalue weighted by molar-refractivity contribution is -0.384. The van der Waals surface area contributed by atoms with Gasteiger partial charge in [-0.25, -0.2) is 4.98 Å². The minimum Gasteiger partial charge on any atom is -0.394 e. The summed E-state index contributed by atoms with van der Waals surface area (Å²) in [5, 5.41) is 25.9. The van der Waals surface area contributed by atoms with Crippen LogP contribution in [-0.4, -0.2) is 26.6 Å². The summed E-state index contributed by atoms with van der Waals surface area (Å²) >= 11 is 5.96. The van der Waals surface area contributed by atoms with Crippen molar-refractivity contribution in [1.82, 2.24) is 9.97 Å². The summed E-state index contributed by atoms with van der Waals surface area (Å²) in [4.78, 5) is 21.8. The van der Waals surface area contributed by atoms with E-state index in [4.69, 9.17) is 11.6 Å². The summed E-state index contributed by atoms with van der Waals surface area (Å²) in [5.74, 6) is 0.286. The average molecular weight is 476 g/mol. The summed E-state index contributed by atoms with van der Waals surface area (Å²) in [6.45, 7) is 0.0249. The van der Waals surface area contributed by atoms with Gasteiger partial charge in [-0.15, -0.1) is 0 Å². The molecule has 8 nitrogen and oxygen atoms in total. The highest BCUT2D eigenvalue weighted by molar-refractivity contribution is 6.30. The van der Waals surface area contributed by atoms with Gasteiger partial charge in [0.2, 0.25) is 11.8 Å². The lowest BCUT2D eigenvalue weighted by Crippen LogP contribution is -2.32. The number of anilines is 3. The number of hydrogen-bond acceptors (Lipinski definition) is 7. The van der Waals surface area contributed by atoms with Gasteiger partial charge in [0.05, 0.1) is 17.6 Å². The third kappa shape index (κ3) is 5.48. The van der Waals surface area contributed by atoms with Gasteiger partial charge in [0.1, 0.15) is 6.20 Å². The van der Waals surface area contributed by atoms with Crippen LogP contribution in [0.15, 0.2) is 91.1 Å². The summed E-state index contributed by atoms with van der Waals surface area (Å²) < 4.78 is 0. The fourth-order valence-electron chi connectivity index (χ4n) is 3.60. The fourth-order valence-corrected chi connectivity index (χ4v) is 3.73. The van der Waals surface area contributed by atoms with Crippen molar-refractivity contribution >= 4 is 34.7 Å². The minimum atomic E-state index is -0.571. The summed E-state index contributed by atoms with van der Waals surface area (Å²) in [7, 11) is 0. The Morgan fingerprint density at radius 3 is 2.26 bits per heavy atom. The predicted molar refractivity (Wildman–Crippen MR) is 132 cm³/mol. The van der Waals surface area contributed by atoms with Crippen LogP contribution in [0, 0.1) is 10.1 Å². The van der Waals surface area contributed by atoms with Crippen molar-refractivity contribution in [3.63, 3.8) is 0 Å². The zero-order valence-corrected chi connectivity index (χ0v) is 18.8. The van der Waals surface area contributed by atoms with E-state index in [0.717, 1.165) is 11.1 Å². The molecule has 0 saturated carbocycles. The van der Waals surface area contributed by atoms with Gasteiger partial charge in [0.15, 0.2) is 0 Å². The first-order chi connectivity index (χ1) is 16.5. The lowest BCUT2D eigenvalue weighted by Gasteiger charge is -2.32. The second-order valence-corrected chi connectivity index (χ2v) is 7.95. The summed E-state index contributed by atoms with van der Waals surface area (Å²) in [6.07, 6.45) is 1.18. The molecule has 0 spiro atoms. The molecule has 0 fully saturated rings. The van der Waals surface area contributed by atoms with Crippen LogP contribution in [0.3, 0.4) is 0 Å². The van der Waals surface area contributed by atoms with E-state index in [-0.39, 0.29) is 24.1 Å². The molecule has 0 amide bonds. The number of nitro groups is 1. The van der Waals surface area contributed by atoms with Gasteiger partial charge in [-0.2, -0.15) is 4.98 Å². The van der Waals surface area contributed by atoms with Gasteiger partial charge in [0, 0.05) is 17.3 Å². The maximum Gasteiger partial charge on any atom is 0.329 e. The molecule has 0 bridgehead atoms. The Labute approximate surface area is 201 Å². The maximum atomic E-state index is 11.9. The van der Waals surface area contributed by atoms with E-state index in [9.17, 15) is 15.2 Å². The third-order valence-corrected chi connectivity index (χ3v) is 5.50. The van der Waals surface area contributed by atoms with E-state index in [1.807, 2.05) is 60.7 Å². The second kappa shape index (κ2) is 10.7. The second-order valence-electron chi connectivity index (χ2n) is 7.51. The first-order valence-corrected chi connectivity index (χ1v) is 10.9. The molecular weight excluding hydrogens is 454 g/mol. The van der Waals surface area contributed by atoms with Crippen LogP contribution in [0.2, 0.25) is 5.02 Å². The Morgan fingerprint density at radius 1 is 1.00 bits per heavy atom. The van der Waals surface area contributed by atoms with Crippen LogP contribution in [0.4, 0.5) is 23.1 Å². The van der Waals surface area contributed by atoms with E-state index in [0.29, 0.717) is 17.3 Å². The molecule has 2 N–H and O–H groups in total. The predicted octanol–water partition coefficient (Wildman–Crippen LogP) is 5.52. The molecule has 3 aromatic carbocycles. The Kier molecular flexibility index (Phi) is 7.31. The van der Waals surface area contributed by atoms with E-state index in [1.165, 1.54) is 6.20 Å². The number of aliphatic hydroxyl groups excluding tert-OH is 1. The zero-order chi connectivity index (χ0) is 23.9. The van der Waals surface area contributed by atoms with Crippen LogP contribution in [0.1, 0.15) is 17.2 Å². The van der Waals surface area contributed by atoms with Crippen molar-refractivity contribution in [2.24, 2.45) is 0 Å². The Morgan fingerprint density at radius 2 is 1.65 bits per heavy atom. The third-order valence-electron chi connectivity index (χ3n) is 5.25. The summed E-state index contributed by atoms with van der Waals surface area (Å²) in [5.41, 5.74) is 2.14. The van der Waals surface area contributed by atoms with Gasteiger partial charge < -0.3 is 15.3 Å². The van der Waals surface area contributed by atoms with E-state index in [1.54, 1.807) is 29.2 Å². The van der Waals surface area contributed by atoms with Gasteiger partial charge >= 0.3 is 5.69 Å². The van der Waals surface area contributed by atoms with Crippen LogP contribution in [0.25, 0.3) is 0 Å². The van der Waals surface area contributed by atoms with Crippen LogP contribution in [-0.2, 0) is 6.54 Å². The normalized spacial score (nSPS) is 11.6. The highest BCUT2D eigenvalue weighted by Crippen LogP contribution is 2.35. The van der Waals surface area contributed by atoms with Crippen molar-refractivity contribution in [3.05, 3.63) is 117 Å². The highest BCUT2D eigenvalue weighted by atomic mass is 35.5. The smallest absolute Gasteiger partial charge is 0.329 e. The van der Waals surface area contributed by atoms with Crippen molar-refractivity contribution in [2.45, 2.75) is 12.6 Å². The Hall–Kier alpha value is -4.01. The number of aliphatic hydroxyl groups is 1.